The van der Waals surface area contributed by atoms with Gasteiger partial charge in [-0.15, -0.1) is 0 Å². The summed E-state index contributed by atoms with van der Waals surface area (Å²) in [4.78, 5) is 11.7. The van der Waals surface area contributed by atoms with Gasteiger partial charge >= 0.3 is 5.97 Å². The number of carbonyl (C=O) groups is 1. The van der Waals surface area contributed by atoms with Crippen molar-refractivity contribution in [3.05, 3.63) is 28.8 Å². The Morgan fingerprint density at radius 2 is 1.29 bits per heavy atom. The molecule has 2 N–H and O–H groups in total. The summed E-state index contributed by atoms with van der Waals surface area (Å²) in [6, 6.07) is 3.98. The lowest BCUT2D eigenvalue weighted by atomic mass is 9.90. The van der Waals surface area contributed by atoms with Crippen molar-refractivity contribution in [2.45, 2.75) is 111 Å². The number of phenolic OH excluding ortho intramolecular Hbond substituents is 1. The molecule has 0 heterocycles. The van der Waals surface area contributed by atoms with Crippen LogP contribution < -0.4 is 0 Å². The van der Waals surface area contributed by atoms with E-state index in [2.05, 4.69) is 6.92 Å². The van der Waals surface area contributed by atoms with Crippen molar-refractivity contribution in [3.8, 4) is 5.75 Å². The van der Waals surface area contributed by atoms with Crippen molar-refractivity contribution in [2.24, 2.45) is 5.92 Å². The molecule has 0 saturated heterocycles. The molecule has 1 aromatic rings. The van der Waals surface area contributed by atoms with Crippen LogP contribution in [0.15, 0.2) is 12.1 Å². The second kappa shape index (κ2) is 14.5. The van der Waals surface area contributed by atoms with Crippen molar-refractivity contribution < 1.29 is 15.0 Å². The molecule has 0 aliphatic heterocycles. The number of aromatic hydroxyl groups is 1. The van der Waals surface area contributed by atoms with E-state index in [9.17, 15) is 15.0 Å². The molecule has 0 saturated carbocycles. The van der Waals surface area contributed by atoms with Gasteiger partial charge in [0, 0.05) is 0 Å². The molecule has 0 radical (unpaired) electrons. The van der Waals surface area contributed by atoms with Crippen LogP contribution in [-0.4, -0.2) is 16.2 Å². The Labute approximate surface area is 172 Å². The predicted molar refractivity (Wildman–Crippen MR) is 118 cm³/mol. The third kappa shape index (κ3) is 9.12. The fraction of sp³-hybridized carbons (Fsp3) is 0.720. The predicted octanol–water partition coefficient (Wildman–Crippen LogP) is 7.07. The highest BCUT2D eigenvalue weighted by molar-refractivity contribution is 5.70. The van der Waals surface area contributed by atoms with Crippen LogP contribution in [0, 0.1) is 5.92 Å². The summed E-state index contributed by atoms with van der Waals surface area (Å²) in [5.74, 6) is -0.636. The largest absolute Gasteiger partial charge is 0.507 e. The zero-order valence-electron chi connectivity index (χ0n) is 18.4. The lowest BCUT2D eigenvalue weighted by Gasteiger charge is -2.15. The summed E-state index contributed by atoms with van der Waals surface area (Å²) in [6.07, 6.45) is 15.5. The molecule has 28 heavy (non-hydrogen) atoms. The van der Waals surface area contributed by atoms with Crippen LogP contribution in [0.3, 0.4) is 0 Å². The first-order valence-electron chi connectivity index (χ1n) is 11.6. The van der Waals surface area contributed by atoms with Crippen LogP contribution >= 0.6 is 0 Å². The zero-order valence-corrected chi connectivity index (χ0v) is 18.4. The maximum absolute atomic E-state index is 11.7. The molecular formula is C25H42O3. The second-order valence-corrected chi connectivity index (χ2v) is 8.18. The van der Waals surface area contributed by atoms with E-state index in [-0.39, 0.29) is 5.92 Å². The summed E-state index contributed by atoms with van der Waals surface area (Å²) in [6.45, 7) is 6.30. The van der Waals surface area contributed by atoms with Crippen LogP contribution in [0.1, 0.15) is 108 Å². The average molecular weight is 391 g/mol. The summed E-state index contributed by atoms with van der Waals surface area (Å²) in [7, 11) is 0. The van der Waals surface area contributed by atoms with Crippen molar-refractivity contribution in [3.63, 3.8) is 0 Å². The highest BCUT2D eigenvalue weighted by Crippen LogP contribution is 2.28. The Kier molecular flexibility index (Phi) is 12.7. The van der Waals surface area contributed by atoms with Crippen molar-refractivity contribution >= 4 is 5.97 Å². The lowest BCUT2D eigenvalue weighted by molar-refractivity contribution is -0.142. The smallest absolute Gasteiger partial charge is 0.306 e. The summed E-state index contributed by atoms with van der Waals surface area (Å²) < 4.78 is 0. The molecule has 0 amide bonds. The Morgan fingerprint density at radius 1 is 0.821 bits per heavy atom. The first-order chi connectivity index (χ1) is 13.5. The first kappa shape index (κ1) is 24.5. The molecule has 1 atom stereocenters. The van der Waals surface area contributed by atoms with Crippen LogP contribution in [-0.2, 0) is 24.1 Å². The maximum atomic E-state index is 11.7. The maximum Gasteiger partial charge on any atom is 0.306 e. The Bertz CT molecular complexity index is 540. The number of carboxylic acids is 1. The highest BCUT2D eigenvalue weighted by atomic mass is 16.4. The lowest BCUT2D eigenvalue weighted by Crippen LogP contribution is -2.16. The highest BCUT2D eigenvalue weighted by Gasteiger charge is 2.19. The van der Waals surface area contributed by atoms with Gasteiger partial charge in [-0.05, 0) is 42.4 Å². The number of unbranched alkanes of at least 4 members (excludes halogenated alkanes) is 9. The minimum absolute atomic E-state index is 0.326. The number of rotatable bonds is 16. The third-order valence-corrected chi connectivity index (χ3v) is 5.83. The molecule has 0 spiro atoms. The molecule has 0 bridgehead atoms. The van der Waals surface area contributed by atoms with E-state index in [1.165, 1.54) is 51.4 Å². The summed E-state index contributed by atoms with van der Waals surface area (Å²) in [5.41, 5.74) is 2.90. The molecule has 1 rings (SSSR count). The minimum Gasteiger partial charge on any atom is -0.507 e. The van der Waals surface area contributed by atoms with Crippen molar-refractivity contribution in [2.75, 3.05) is 0 Å². The quantitative estimate of drug-likeness (QED) is 0.297. The minimum atomic E-state index is -0.694. The van der Waals surface area contributed by atoms with Crippen molar-refractivity contribution in [1.29, 1.82) is 0 Å². The zero-order chi connectivity index (χ0) is 20.8. The molecule has 0 aliphatic carbocycles. The number of benzene rings is 1. The second-order valence-electron chi connectivity index (χ2n) is 8.18. The molecule has 3 heteroatoms. The van der Waals surface area contributed by atoms with E-state index in [1.807, 2.05) is 26.0 Å². The van der Waals surface area contributed by atoms with E-state index in [4.69, 9.17) is 0 Å². The molecule has 1 unspecified atom stereocenters. The number of aliphatic carboxylic acids is 1. The standard InChI is InChI=1S/C25H42O3/c1-4-7-8-9-10-11-12-13-14-15-16-23(25(27)28)19-20-17-21(5-2)24(26)22(6-3)18-20/h17-18,23,26H,4-16,19H2,1-3H3,(H,27,28). The Hall–Kier alpha value is -1.51. The van der Waals surface area contributed by atoms with Crippen LogP contribution in [0.2, 0.25) is 0 Å². The van der Waals surface area contributed by atoms with E-state index in [0.29, 0.717) is 12.2 Å². The van der Waals surface area contributed by atoms with Gasteiger partial charge in [0.15, 0.2) is 0 Å². The fourth-order valence-electron chi connectivity index (χ4n) is 3.96. The Morgan fingerprint density at radius 3 is 1.71 bits per heavy atom. The van der Waals surface area contributed by atoms with Gasteiger partial charge in [-0.1, -0.05) is 97.1 Å². The van der Waals surface area contributed by atoms with Gasteiger partial charge in [-0.3, -0.25) is 4.79 Å². The van der Waals surface area contributed by atoms with Gasteiger partial charge < -0.3 is 10.2 Å². The normalized spacial score (nSPS) is 12.2. The number of hydrogen-bond donors (Lipinski definition) is 2. The van der Waals surface area contributed by atoms with Gasteiger partial charge in [0.2, 0.25) is 0 Å². The van der Waals surface area contributed by atoms with Gasteiger partial charge in [0.25, 0.3) is 0 Å². The van der Waals surface area contributed by atoms with E-state index in [1.54, 1.807) is 0 Å². The van der Waals surface area contributed by atoms with E-state index < -0.39 is 5.97 Å². The summed E-state index contributed by atoms with van der Waals surface area (Å²) in [5, 5.41) is 19.9. The summed E-state index contributed by atoms with van der Waals surface area (Å²) >= 11 is 0. The average Bonchev–Trinajstić information content (AvgIpc) is 2.69. The molecule has 3 nitrogen and oxygen atoms in total. The van der Waals surface area contributed by atoms with Gasteiger partial charge in [-0.25, -0.2) is 0 Å². The van der Waals surface area contributed by atoms with E-state index in [0.717, 1.165) is 48.8 Å². The molecule has 1 aromatic carbocycles. The topological polar surface area (TPSA) is 57.5 Å². The molecule has 160 valence electrons. The fourth-order valence-corrected chi connectivity index (χ4v) is 3.96. The number of phenols is 1. The molecule has 0 aliphatic rings. The number of aryl methyl sites for hydroxylation is 2. The van der Waals surface area contributed by atoms with Crippen LogP contribution in [0.4, 0.5) is 0 Å². The van der Waals surface area contributed by atoms with E-state index >= 15 is 0 Å². The SMILES string of the molecule is CCCCCCCCCCCCC(Cc1cc(CC)c(O)c(CC)c1)C(=O)O. The number of hydrogen-bond acceptors (Lipinski definition) is 2. The monoisotopic (exact) mass is 390 g/mol. The first-order valence-corrected chi connectivity index (χ1v) is 11.6. The molecule has 0 fully saturated rings. The van der Waals surface area contributed by atoms with Gasteiger partial charge in [0.05, 0.1) is 5.92 Å². The van der Waals surface area contributed by atoms with Gasteiger partial charge in [-0.2, -0.15) is 0 Å². The number of carboxylic acid groups (broad SMARTS) is 1. The van der Waals surface area contributed by atoms with Crippen LogP contribution in [0.5, 0.6) is 5.75 Å². The van der Waals surface area contributed by atoms with Gasteiger partial charge in [0.1, 0.15) is 5.75 Å². The third-order valence-electron chi connectivity index (χ3n) is 5.83. The van der Waals surface area contributed by atoms with Crippen LogP contribution in [0.25, 0.3) is 0 Å². The van der Waals surface area contributed by atoms with Crippen molar-refractivity contribution in [1.82, 2.24) is 0 Å². The molecule has 0 aromatic heterocycles. The Balaban J connectivity index is 2.39. The molecular weight excluding hydrogens is 348 g/mol.